The van der Waals surface area contributed by atoms with E-state index in [1.807, 2.05) is 6.92 Å². The van der Waals surface area contributed by atoms with E-state index in [1.54, 1.807) is 13.0 Å². The largest absolute Gasteiger partial charge is 0.490 e. The van der Waals surface area contributed by atoms with Crippen LogP contribution in [0.4, 0.5) is 10.1 Å². The molecule has 4 heteroatoms. The van der Waals surface area contributed by atoms with E-state index in [0.29, 0.717) is 5.69 Å². The zero-order chi connectivity index (χ0) is 11.4. The van der Waals surface area contributed by atoms with E-state index in [-0.39, 0.29) is 24.9 Å². The van der Waals surface area contributed by atoms with E-state index in [1.165, 1.54) is 6.07 Å². The van der Waals surface area contributed by atoms with Crippen molar-refractivity contribution in [3.05, 3.63) is 23.5 Å². The van der Waals surface area contributed by atoms with Crippen molar-refractivity contribution in [2.75, 3.05) is 18.9 Å². The van der Waals surface area contributed by atoms with Gasteiger partial charge in [-0.25, -0.2) is 4.39 Å². The maximum Gasteiger partial charge on any atom is 0.167 e. The summed E-state index contributed by atoms with van der Waals surface area (Å²) in [7, 11) is 0. The van der Waals surface area contributed by atoms with Crippen LogP contribution in [0, 0.1) is 18.7 Å². The fourth-order valence-corrected chi connectivity index (χ4v) is 1.07. The van der Waals surface area contributed by atoms with Crippen LogP contribution in [0.5, 0.6) is 5.75 Å². The van der Waals surface area contributed by atoms with Gasteiger partial charge in [-0.2, -0.15) is 0 Å². The van der Waals surface area contributed by atoms with E-state index in [2.05, 4.69) is 0 Å². The number of aryl methyl sites for hydroxylation is 1. The minimum atomic E-state index is -0.469. The molecule has 0 radical (unpaired) electrons. The lowest BCUT2D eigenvalue weighted by Gasteiger charge is -2.12. The summed E-state index contributed by atoms with van der Waals surface area (Å²) in [5.74, 6) is -0.299. The van der Waals surface area contributed by atoms with Gasteiger partial charge in [0.1, 0.15) is 0 Å². The molecule has 0 aliphatic rings. The molecule has 0 spiro atoms. The lowest BCUT2D eigenvalue weighted by atomic mass is 10.2. The Morgan fingerprint density at radius 2 is 2.20 bits per heavy atom. The summed E-state index contributed by atoms with van der Waals surface area (Å²) < 4.78 is 18.6. The molecule has 1 rings (SSSR count). The molecule has 0 heterocycles. The second-order valence-corrected chi connectivity index (χ2v) is 3.74. The summed E-state index contributed by atoms with van der Waals surface area (Å²) in [5.41, 5.74) is 6.73. The number of anilines is 1. The third-order valence-corrected chi connectivity index (χ3v) is 2.16. The van der Waals surface area contributed by atoms with Crippen LogP contribution < -0.4 is 10.5 Å². The van der Waals surface area contributed by atoms with Crippen LogP contribution >= 0.6 is 0 Å². The maximum absolute atomic E-state index is 13.3. The predicted molar refractivity (Wildman–Crippen MR) is 57.3 cm³/mol. The lowest BCUT2D eigenvalue weighted by Crippen LogP contribution is -2.13. The topological polar surface area (TPSA) is 55.5 Å². The lowest BCUT2D eigenvalue weighted by molar-refractivity contribution is 0.171. The summed E-state index contributed by atoms with van der Waals surface area (Å²) in [4.78, 5) is 0. The molecule has 0 aliphatic carbocycles. The molecule has 0 saturated heterocycles. The molecule has 84 valence electrons. The van der Waals surface area contributed by atoms with E-state index < -0.39 is 5.82 Å². The molecule has 1 unspecified atom stereocenters. The van der Waals surface area contributed by atoms with Gasteiger partial charge in [0.05, 0.1) is 6.61 Å². The number of aliphatic hydroxyl groups excluding tert-OH is 1. The van der Waals surface area contributed by atoms with Gasteiger partial charge in [0.15, 0.2) is 11.6 Å². The molecule has 0 aliphatic heterocycles. The first-order chi connectivity index (χ1) is 7.04. The van der Waals surface area contributed by atoms with Crippen molar-refractivity contribution in [1.82, 2.24) is 0 Å². The Balaban J connectivity index is 2.73. The van der Waals surface area contributed by atoms with Gasteiger partial charge < -0.3 is 15.6 Å². The predicted octanol–water partition coefficient (Wildman–Crippen LogP) is 1.72. The van der Waals surface area contributed by atoms with E-state index in [0.717, 1.165) is 5.56 Å². The normalized spacial score (nSPS) is 12.5. The van der Waals surface area contributed by atoms with Crippen LogP contribution in [0.2, 0.25) is 0 Å². The first kappa shape index (κ1) is 11.8. The smallest absolute Gasteiger partial charge is 0.167 e. The third kappa shape index (κ3) is 3.09. The van der Waals surface area contributed by atoms with Crippen molar-refractivity contribution in [2.45, 2.75) is 13.8 Å². The second-order valence-electron chi connectivity index (χ2n) is 3.74. The molecule has 0 amide bonds. The number of hydrogen-bond donors (Lipinski definition) is 2. The van der Waals surface area contributed by atoms with Gasteiger partial charge in [0, 0.05) is 24.3 Å². The Morgan fingerprint density at radius 3 is 2.80 bits per heavy atom. The second kappa shape index (κ2) is 4.98. The molecule has 1 atom stereocenters. The van der Waals surface area contributed by atoms with Crippen LogP contribution in [0.1, 0.15) is 12.5 Å². The SMILES string of the molecule is Cc1cc(OCC(C)CO)c(F)cc1N. The number of nitrogen functional groups attached to an aromatic ring is 1. The standard InChI is InChI=1S/C11H16FNO2/c1-7(5-14)6-15-11-3-8(2)10(13)4-9(11)12/h3-4,7,14H,5-6,13H2,1-2H3. The van der Waals surface area contributed by atoms with Crippen LogP contribution in [0.25, 0.3) is 0 Å². The van der Waals surface area contributed by atoms with Gasteiger partial charge in [0.25, 0.3) is 0 Å². The van der Waals surface area contributed by atoms with Crippen molar-refractivity contribution in [3.63, 3.8) is 0 Å². The van der Waals surface area contributed by atoms with Crippen molar-refractivity contribution < 1.29 is 14.2 Å². The highest BCUT2D eigenvalue weighted by atomic mass is 19.1. The Kier molecular flexibility index (Phi) is 3.91. The van der Waals surface area contributed by atoms with Crippen molar-refractivity contribution >= 4 is 5.69 Å². The number of rotatable bonds is 4. The fourth-order valence-electron chi connectivity index (χ4n) is 1.07. The van der Waals surface area contributed by atoms with E-state index >= 15 is 0 Å². The van der Waals surface area contributed by atoms with Gasteiger partial charge in [-0.05, 0) is 18.6 Å². The summed E-state index contributed by atoms with van der Waals surface area (Å²) >= 11 is 0. The average molecular weight is 213 g/mol. The summed E-state index contributed by atoms with van der Waals surface area (Å²) in [6.07, 6.45) is 0. The van der Waals surface area contributed by atoms with Crippen molar-refractivity contribution in [2.24, 2.45) is 5.92 Å². The number of ether oxygens (including phenoxy) is 1. The molecule has 0 aromatic heterocycles. The fraction of sp³-hybridized carbons (Fsp3) is 0.455. The Morgan fingerprint density at radius 1 is 1.53 bits per heavy atom. The van der Waals surface area contributed by atoms with E-state index in [9.17, 15) is 4.39 Å². The zero-order valence-electron chi connectivity index (χ0n) is 8.96. The molecule has 1 aromatic carbocycles. The van der Waals surface area contributed by atoms with Crippen molar-refractivity contribution in [3.8, 4) is 5.75 Å². The average Bonchev–Trinajstić information content (AvgIpc) is 2.21. The highest BCUT2D eigenvalue weighted by molar-refractivity contribution is 5.50. The third-order valence-electron chi connectivity index (χ3n) is 2.16. The first-order valence-electron chi connectivity index (χ1n) is 4.84. The van der Waals surface area contributed by atoms with Crippen LogP contribution in [0.15, 0.2) is 12.1 Å². The summed E-state index contributed by atoms with van der Waals surface area (Å²) in [6, 6.07) is 2.81. The van der Waals surface area contributed by atoms with Crippen LogP contribution in [0.3, 0.4) is 0 Å². The molecule has 0 fully saturated rings. The van der Waals surface area contributed by atoms with Gasteiger partial charge >= 0.3 is 0 Å². The Hall–Kier alpha value is -1.29. The molecule has 15 heavy (non-hydrogen) atoms. The monoisotopic (exact) mass is 213 g/mol. The Labute approximate surface area is 88.7 Å². The molecule has 3 nitrogen and oxygen atoms in total. The minimum absolute atomic E-state index is 0.0118. The van der Waals surface area contributed by atoms with Gasteiger partial charge in [-0.1, -0.05) is 6.92 Å². The Bertz CT molecular complexity index is 342. The van der Waals surface area contributed by atoms with Crippen LogP contribution in [-0.4, -0.2) is 18.3 Å². The zero-order valence-corrected chi connectivity index (χ0v) is 8.96. The molecule has 1 aromatic rings. The molecule has 0 bridgehead atoms. The summed E-state index contributed by atoms with van der Waals surface area (Å²) in [6.45, 7) is 3.92. The molecule has 3 N–H and O–H groups in total. The minimum Gasteiger partial charge on any atom is -0.490 e. The number of nitrogens with two attached hydrogens (primary N) is 1. The van der Waals surface area contributed by atoms with Gasteiger partial charge in [0.2, 0.25) is 0 Å². The molecule has 0 saturated carbocycles. The number of aliphatic hydroxyl groups is 1. The number of hydrogen-bond acceptors (Lipinski definition) is 3. The van der Waals surface area contributed by atoms with Gasteiger partial charge in [-0.3, -0.25) is 0 Å². The quantitative estimate of drug-likeness (QED) is 0.749. The number of benzene rings is 1. The van der Waals surface area contributed by atoms with E-state index in [4.69, 9.17) is 15.6 Å². The first-order valence-corrected chi connectivity index (χ1v) is 4.84. The highest BCUT2D eigenvalue weighted by Crippen LogP contribution is 2.23. The molecular weight excluding hydrogens is 197 g/mol. The maximum atomic E-state index is 13.3. The van der Waals surface area contributed by atoms with Crippen molar-refractivity contribution in [1.29, 1.82) is 0 Å². The summed E-state index contributed by atoms with van der Waals surface area (Å²) in [5, 5.41) is 8.79. The number of halogens is 1. The van der Waals surface area contributed by atoms with Gasteiger partial charge in [-0.15, -0.1) is 0 Å². The highest BCUT2D eigenvalue weighted by Gasteiger charge is 2.08. The molecular formula is C11H16FNO2. The van der Waals surface area contributed by atoms with Crippen LogP contribution in [-0.2, 0) is 0 Å².